The van der Waals surface area contributed by atoms with Gasteiger partial charge in [-0.1, -0.05) is 12.2 Å². The molecule has 0 aromatic heterocycles. The molecule has 0 bridgehead atoms. The molecule has 52 valence electrons. The lowest BCUT2D eigenvalue weighted by atomic mass is 10.0. The Hall–Kier alpha value is -0.110. The van der Waals surface area contributed by atoms with Crippen LogP contribution in [0.5, 0.6) is 0 Å². The lowest BCUT2D eigenvalue weighted by Gasteiger charge is -2.22. The molecule has 0 aromatic carbocycles. The van der Waals surface area contributed by atoms with Crippen molar-refractivity contribution in [3.8, 4) is 0 Å². The second-order valence-corrected chi connectivity index (χ2v) is 2.67. The van der Waals surface area contributed by atoms with E-state index < -0.39 is 11.3 Å². The van der Waals surface area contributed by atoms with Crippen LogP contribution in [-0.4, -0.2) is 11.3 Å². The standard InChI is InChI=1S/C6H7ClF2/c7-5-3-1-2-4-6(5,8)9/h1-2,5H,3-4H2. The van der Waals surface area contributed by atoms with Crippen LogP contribution >= 0.6 is 11.6 Å². The van der Waals surface area contributed by atoms with Crippen LogP contribution in [0.2, 0.25) is 0 Å². The van der Waals surface area contributed by atoms with E-state index in [1.165, 1.54) is 6.08 Å². The number of hydrogen-bond acceptors (Lipinski definition) is 0. The third-order valence-corrected chi connectivity index (χ3v) is 1.86. The molecule has 0 radical (unpaired) electrons. The topological polar surface area (TPSA) is 0 Å². The molecule has 0 fully saturated rings. The monoisotopic (exact) mass is 152 g/mol. The third kappa shape index (κ3) is 1.42. The minimum atomic E-state index is -2.68. The first-order chi connectivity index (χ1) is 4.13. The molecule has 1 unspecified atom stereocenters. The van der Waals surface area contributed by atoms with Crippen LogP contribution in [0.25, 0.3) is 0 Å². The van der Waals surface area contributed by atoms with Gasteiger partial charge in [0.1, 0.15) is 5.38 Å². The van der Waals surface area contributed by atoms with Crippen LogP contribution in [0.15, 0.2) is 12.2 Å². The fourth-order valence-corrected chi connectivity index (χ4v) is 0.948. The summed E-state index contributed by atoms with van der Waals surface area (Å²) in [6.45, 7) is 0. The van der Waals surface area contributed by atoms with Gasteiger partial charge in [0, 0.05) is 6.42 Å². The van der Waals surface area contributed by atoms with Gasteiger partial charge < -0.3 is 0 Å². The van der Waals surface area contributed by atoms with E-state index in [2.05, 4.69) is 0 Å². The van der Waals surface area contributed by atoms with Gasteiger partial charge in [-0.15, -0.1) is 11.6 Å². The summed E-state index contributed by atoms with van der Waals surface area (Å²) in [7, 11) is 0. The maximum Gasteiger partial charge on any atom is 0.267 e. The SMILES string of the molecule is FC1(F)CC=CCC1Cl. The van der Waals surface area contributed by atoms with Crippen molar-refractivity contribution in [1.29, 1.82) is 0 Å². The minimum absolute atomic E-state index is 0.207. The molecule has 0 heterocycles. The van der Waals surface area contributed by atoms with Crippen LogP contribution in [0, 0.1) is 0 Å². The molecule has 0 aromatic rings. The van der Waals surface area contributed by atoms with Gasteiger partial charge in [0.2, 0.25) is 0 Å². The summed E-state index contributed by atoms with van der Waals surface area (Å²) in [6, 6.07) is 0. The first kappa shape index (κ1) is 7.00. The number of alkyl halides is 3. The summed E-state index contributed by atoms with van der Waals surface area (Å²) >= 11 is 5.31. The van der Waals surface area contributed by atoms with Gasteiger partial charge in [-0.2, -0.15) is 0 Å². The molecule has 1 rings (SSSR count). The average Bonchev–Trinajstić information content (AvgIpc) is 1.77. The highest BCUT2D eigenvalue weighted by molar-refractivity contribution is 6.21. The van der Waals surface area contributed by atoms with Crippen LogP contribution in [-0.2, 0) is 0 Å². The highest BCUT2D eigenvalue weighted by Crippen LogP contribution is 2.33. The Balaban J connectivity index is 2.64. The van der Waals surface area contributed by atoms with Crippen LogP contribution in [0.3, 0.4) is 0 Å². The number of allylic oxidation sites excluding steroid dienone is 2. The Morgan fingerprint density at radius 3 is 2.44 bits per heavy atom. The zero-order valence-electron chi connectivity index (χ0n) is 4.78. The fourth-order valence-electron chi connectivity index (χ4n) is 0.756. The first-order valence-corrected chi connectivity index (χ1v) is 3.23. The van der Waals surface area contributed by atoms with Crippen molar-refractivity contribution in [3.63, 3.8) is 0 Å². The number of hydrogen-bond donors (Lipinski definition) is 0. The van der Waals surface area contributed by atoms with E-state index in [-0.39, 0.29) is 12.8 Å². The molecule has 0 nitrogen and oxygen atoms in total. The molecule has 0 saturated carbocycles. The van der Waals surface area contributed by atoms with Gasteiger partial charge in [-0.3, -0.25) is 0 Å². The lowest BCUT2D eigenvalue weighted by Crippen LogP contribution is -2.29. The van der Waals surface area contributed by atoms with E-state index >= 15 is 0 Å². The van der Waals surface area contributed by atoms with Gasteiger partial charge >= 0.3 is 0 Å². The minimum Gasteiger partial charge on any atom is -0.205 e. The van der Waals surface area contributed by atoms with Crippen LogP contribution < -0.4 is 0 Å². The average molecular weight is 153 g/mol. The summed E-state index contributed by atoms with van der Waals surface area (Å²) < 4.78 is 24.8. The first-order valence-electron chi connectivity index (χ1n) is 2.80. The molecule has 0 saturated heterocycles. The summed E-state index contributed by atoms with van der Waals surface area (Å²) in [6.07, 6.45) is 3.24. The molecule has 1 aliphatic carbocycles. The maximum atomic E-state index is 12.4. The van der Waals surface area contributed by atoms with Crippen molar-refractivity contribution in [3.05, 3.63) is 12.2 Å². The van der Waals surface area contributed by atoms with Gasteiger partial charge in [0.05, 0.1) is 0 Å². The van der Waals surface area contributed by atoms with E-state index in [0.717, 1.165) is 0 Å². The highest BCUT2D eigenvalue weighted by atomic mass is 35.5. The number of rotatable bonds is 0. The van der Waals surface area contributed by atoms with Crippen molar-refractivity contribution < 1.29 is 8.78 Å². The predicted octanol–water partition coefficient (Wildman–Crippen LogP) is 2.58. The lowest BCUT2D eigenvalue weighted by molar-refractivity contribution is -0.00296. The van der Waals surface area contributed by atoms with Crippen LogP contribution in [0.1, 0.15) is 12.8 Å². The molecular weight excluding hydrogens is 146 g/mol. The largest absolute Gasteiger partial charge is 0.267 e. The molecule has 0 aliphatic heterocycles. The van der Waals surface area contributed by atoms with E-state index in [4.69, 9.17) is 11.6 Å². The summed E-state index contributed by atoms with van der Waals surface area (Å²) in [5.74, 6) is -2.68. The fraction of sp³-hybridized carbons (Fsp3) is 0.667. The van der Waals surface area contributed by atoms with Gasteiger partial charge in [-0.25, -0.2) is 8.78 Å². The summed E-state index contributed by atoms with van der Waals surface area (Å²) in [5.41, 5.74) is 0. The molecule has 0 spiro atoms. The Kier molecular flexibility index (Phi) is 1.75. The van der Waals surface area contributed by atoms with Gasteiger partial charge in [-0.05, 0) is 6.42 Å². The van der Waals surface area contributed by atoms with E-state index in [9.17, 15) is 8.78 Å². The molecule has 3 heteroatoms. The smallest absolute Gasteiger partial charge is 0.205 e. The Morgan fingerprint density at radius 2 is 2.11 bits per heavy atom. The second-order valence-electron chi connectivity index (χ2n) is 2.14. The molecule has 0 N–H and O–H groups in total. The predicted molar refractivity (Wildman–Crippen MR) is 33.0 cm³/mol. The van der Waals surface area contributed by atoms with Gasteiger partial charge in [0.25, 0.3) is 5.92 Å². The summed E-state index contributed by atoms with van der Waals surface area (Å²) in [4.78, 5) is 0. The molecule has 1 aliphatic rings. The van der Waals surface area contributed by atoms with Crippen molar-refractivity contribution in [2.24, 2.45) is 0 Å². The molecule has 0 amide bonds. The van der Waals surface area contributed by atoms with Crippen molar-refractivity contribution in [2.45, 2.75) is 24.1 Å². The normalized spacial score (nSPS) is 32.6. The molecule has 1 atom stereocenters. The van der Waals surface area contributed by atoms with E-state index in [0.29, 0.717) is 0 Å². The zero-order chi connectivity index (χ0) is 6.91. The molecule has 9 heavy (non-hydrogen) atoms. The maximum absolute atomic E-state index is 12.4. The molecular formula is C6H7ClF2. The summed E-state index contributed by atoms with van der Waals surface area (Å²) in [5, 5.41) is -0.998. The van der Waals surface area contributed by atoms with Crippen molar-refractivity contribution in [2.75, 3.05) is 0 Å². The van der Waals surface area contributed by atoms with E-state index in [1.807, 2.05) is 0 Å². The Labute approximate surface area is 57.5 Å². The Bertz CT molecular complexity index is 131. The Morgan fingerprint density at radius 1 is 1.44 bits per heavy atom. The zero-order valence-corrected chi connectivity index (χ0v) is 5.54. The third-order valence-electron chi connectivity index (χ3n) is 1.36. The highest BCUT2D eigenvalue weighted by Gasteiger charge is 2.37. The van der Waals surface area contributed by atoms with Crippen molar-refractivity contribution in [1.82, 2.24) is 0 Å². The van der Waals surface area contributed by atoms with E-state index in [1.54, 1.807) is 6.08 Å². The number of halogens is 3. The van der Waals surface area contributed by atoms with Crippen LogP contribution in [0.4, 0.5) is 8.78 Å². The quantitative estimate of drug-likeness (QED) is 0.370. The van der Waals surface area contributed by atoms with Gasteiger partial charge in [0.15, 0.2) is 0 Å². The second kappa shape index (κ2) is 2.25. The van der Waals surface area contributed by atoms with Crippen molar-refractivity contribution >= 4 is 11.6 Å².